The molecule has 0 bridgehead atoms. The molecule has 0 fully saturated rings. The summed E-state index contributed by atoms with van der Waals surface area (Å²) >= 11 is 0. The number of hydrogen-bond donors (Lipinski definition) is 0. The van der Waals surface area contributed by atoms with Crippen molar-refractivity contribution in [2.75, 3.05) is 0 Å². The Bertz CT molecular complexity index is 2290. The van der Waals surface area contributed by atoms with E-state index in [1.807, 2.05) is 36.4 Å². The van der Waals surface area contributed by atoms with Crippen molar-refractivity contribution in [2.24, 2.45) is 0 Å². The van der Waals surface area contributed by atoms with E-state index in [1.165, 1.54) is 22.4 Å². The number of fused-ring (bicyclic) bond motifs is 14. The Hall–Kier alpha value is -5.09. The van der Waals surface area contributed by atoms with Gasteiger partial charge in [0.2, 0.25) is 11.4 Å². The van der Waals surface area contributed by atoms with E-state index in [4.69, 9.17) is 4.42 Å². The molecule has 0 N–H and O–H groups in total. The fraction of sp³-hybridized carbons (Fsp3) is 0.128. The van der Waals surface area contributed by atoms with E-state index >= 15 is 4.39 Å². The summed E-state index contributed by atoms with van der Waals surface area (Å²) in [5, 5.41) is 1.90. The van der Waals surface area contributed by atoms with Crippen molar-refractivity contribution < 1.29 is 17.9 Å². The van der Waals surface area contributed by atoms with E-state index in [9.17, 15) is 0 Å². The first-order valence-electron chi connectivity index (χ1n) is 14.8. The summed E-state index contributed by atoms with van der Waals surface area (Å²) in [6.45, 7) is 6.78. The number of rotatable bonds is 1. The molecule has 0 saturated carbocycles. The van der Waals surface area contributed by atoms with Crippen LogP contribution in [-0.4, -0.2) is 0 Å². The molecular formula is C39H29FN2O+2. The highest BCUT2D eigenvalue weighted by Gasteiger charge is 2.67. The van der Waals surface area contributed by atoms with Gasteiger partial charge in [0.05, 0.1) is 11.1 Å². The third-order valence-electron chi connectivity index (χ3n) is 9.40. The molecule has 1 unspecified atom stereocenters. The van der Waals surface area contributed by atoms with Crippen LogP contribution in [0, 0.1) is 5.82 Å². The summed E-state index contributed by atoms with van der Waals surface area (Å²) in [5.74, 6) is -0.287. The van der Waals surface area contributed by atoms with Crippen molar-refractivity contribution in [1.29, 1.82) is 0 Å². The molecule has 5 heterocycles. The molecule has 0 saturated heterocycles. The second-order valence-electron chi connectivity index (χ2n) is 12.7. The molecule has 9 rings (SSSR count). The molecule has 2 aliphatic rings. The number of pyridine rings is 2. The third-order valence-corrected chi connectivity index (χ3v) is 9.40. The summed E-state index contributed by atoms with van der Waals surface area (Å²) in [5.41, 5.74) is 10.1. The fourth-order valence-electron chi connectivity index (χ4n) is 7.45. The Morgan fingerprint density at radius 3 is 2.16 bits per heavy atom. The largest absolute Gasteiger partial charge is 0.454 e. The van der Waals surface area contributed by atoms with Crippen molar-refractivity contribution >= 4 is 21.9 Å². The lowest BCUT2D eigenvalue weighted by Gasteiger charge is -2.21. The van der Waals surface area contributed by atoms with Gasteiger partial charge in [0.1, 0.15) is 33.7 Å². The summed E-state index contributed by atoms with van der Waals surface area (Å²) < 4.78 is 27.1. The molecule has 7 aromatic rings. The Kier molecular flexibility index (Phi) is 4.71. The van der Waals surface area contributed by atoms with Crippen LogP contribution in [0.3, 0.4) is 0 Å². The molecule has 4 aromatic carbocycles. The van der Waals surface area contributed by atoms with Gasteiger partial charge < -0.3 is 4.42 Å². The highest BCUT2D eigenvalue weighted by Crippen LogP contribution is 2.51. The van der Waals surface area contributed by atoms with Crippen molar-refractivity contribution in [3.05, 3.63) is 144 Å². The van der Waals surface area contributed by atoms with Crippen LogP contribution in [0.25, 0.3) is 55.6 Å². The van der Waals surface area contributed by atoms with Gasteiger partial charge in [-0.3, -0.25) is 0 Å². The van der Waals surface area contributed by atoms with Crippen LogP contribution in [0.2, 0.25) is 0 Å². The molecule has 0 amide bonds. The Labute approximate surface area is 249 Å². The number of furan rings is 1. The molecule has 0 aliphatic carbocycles. The van der Waals surface area contributed by atoms with Crippen LogP contribution < -0.4 is 9.13 Å². The predicted molar refractivity (Wildman–Crippen MR) is 167 cm³/mol. The Morgan fingerprint density at radius 2 is 1.35 bits per heavy atom. The van der Waals surface area contributed by atoms with E-state index in [0.717, 1.165) is 38.7 Å². The van der Waals surface area contributed by atoms with Crippen LogP contribution in [-0.2, 0) is 11.1 Å². The molecule has 1 spiro atoms. The van der Waals surface area contributed by atoms with E-state index in [2.05, 4.69) is 109 Å². The van der Waals surface area contributed by atoms with E-state index in [0.29, 0.717) is 11.1 Å². The molecule has 4 heteroatoms. The van der Waals surface area contributed by atoms with Crippen LogP contribution in [0.4, 0.5) is 4.39 Å². The quantitative estimate of drug-likeness (QED) is 0.184. The minimum Gasteiger partial charge on any atom is -0.454 e. The van der Waals surface area contributed by atoms with Crippen LogP contribution >= 0.6 is 0 Å². The van der Waals surface area contributed by atoms with Crippen molar-refractivity contribution in [2.45, 2.75) is 31.8 Å². The Morgan fingerprint density at radius 1 is 0.628 bits per heavy atom. The van der Waals surface area contributed by atoms with Gasteiger partial charge in [0.25, 0.3) is 0 Å². The molecule has 1 atom stereocenters. The summed E-state index contributed by atoms with van der Waals surface area (Å²) in [7, 11) is 0. The Balaban J connectivity index is 1.44. The summed E-state index contributed by atoms with van der Waals surface area (Å²) in [6, 6.07) is 37.1. The molecule has 43 heavy (non-hydrogen) atoms. The second kappa shape index (κ2) is 8.26. The number of benzene rings is 4. The number of halogens is 1. The maximum atomic E-state index is 15.5. The first kappa shape index (κ1) is 24.5. The monoisotopic (exact) mass is 560 g/mol. The molecule has 2 aliphatic heterocycles. The van der Waals surface area contributed by atoms with Gasteiger partial charge in [-0.15, -0.1) is 9.13 Å². The van der Waals surface area contributed by atoms with Crippen LogP contribution in [0.5, 0.6) is 0 Å². The first-order valence-corrected chi connectivity index (χ1v) is 14.8. The van der Waals surface area contributed by atoms with Gasteiger partial charge >= 0.3 is 5.66 Å². The maximum Gasteiger partial charge on any atom is 0.417 e. The van der Waals surface area contributed by atoms with Crippen molar-refractivity contribution in [3.63, 3.8) is 0 Å². The van der Waals surface area contributed by atoms with Gasteiger partial charge in [-0.2, -0.15) is 0 Å². The standard InChI is InChI=1S/C39H29FN2O/c1-38(2,3)25-16-21-32-28-13-7-8-14-29(28)39(42(32)23-25)30-19-17-26-27-18-20-31(40)34(24-11-5-4-6-12-24)36(27)43-37(26)35(30)33-15-9-10-22-41(33)39/h4-23H,1-3H3/q+2. The minimum absolute atomic E-state index is 0.0236. The van der Waals surface area contributed by atoms with Gasteiger partial charge in [-0.05, 0) is 59.5 Å². The maximum absolute atomic E-state index is 15.5. The first-order chi connectivity index (χ1) is 20.9. The second-order valence-corrected chi connectivity index (χ2v) is 12.7. The zero-order chi connectivity index (χ0) is 29.1. The number of nitrogens with zero attached hydrogens (tertiary/aromatic N) is 2. The third kappa shape index (κ3) is 3.03. The number of hydrogen-bond acceptors (Lipinski definition) is 1. The van der Waals surface area contributed by atoms with Crippen molar-refractivity contribution in [3.8, 4) is 33.6 Å². The average Bonchev–Trinajstić information content (AvgIpc) is 3.64. The lowest BCUT2D eigenvalue weighted by molar-refractivity contribution is -0.955. The lowest BCUT2D eigenvalue weighted by atomic mass is 9.87. The topological polar surface area (TPSA) is 20.9 Å². The predicted octanol–water partition coefficient (Wildman–Crippen LogP) is 8.52. The molecule has 3 nitrogen and oxygen atoms in total. The average molecular weight is 561 g/mol. The summed E-state index contributed by atoms with van der Waals surface area (Å²) in [4.78, 5) is 0. The number of aromatic nitrogens is 2. The fourth-order valence-corrected chi connectivity index (χ4v) is 7.45. The highest BCUT2D eigenvalue weighted by atomic mass is 19.1. The zero-order valence-electron chi connectivity index (χ0n) is 24.2. The van der Waals surface area contributed by atoms with Crippen LogP contribution in [0.1, 0.15) is 37.5 Å². The van der Waals surface area contributed by atoms with Crippen molar-refractivity contribution in [1.82, 2.24) is 0 Å². The SMILES string of the molecule is CC(C)(C)c1ccc2[n+](c1)C1(c3ccccc3-2)c2ccc3c(oc4c(-c5ccccc5)c(F)ccc43)c2-c2cccc[n+]21. The molecule has 0 radical (unpaired) electrons. The van der Waals surface area contributed by atoms with Gasteiger partial charge in [0.15, 0.2) is 12.4 Å². The lowest BCUT2D eigenvalue weighted by Crippen LogP contribution is -2.71. The highest BCUT2D eigenvalue weighted by molar-refractivity contribution is 6.13. The summed E-state index contributed by atoms with van der Waals surface area (Å²) in [6.07, 6.45) is 4.52. The normalized spacial score (nSPS) is 16.5. The van der Waals surface area contributed by atoms with E-state index < -0.39 is 5.66 Å². The molecular weight excluding hydrogens is 531 g/mol. The van der Waals surface area contributed by atoms with Crippen LogP contribution in [0.15, 0.2) is 126 Å². The molecule has 206 valence electrons. The van der Waals surface area contributed by atoms with Gasteiger partial charge in [0, 0.05) is 34.5 Å². The zero-order valence-corrected chi connectivity index (χ0v) is 24.2. The van der Waals surface area contributed by atoms with Gasteiger partial charge in [-0.1, -0.05) is 63.2 Å². The van der Waals surface area contributed by atoms with E-state index in [-0.39, 0.29) is 11.2 Å². The van der Waals surface area contributed by atoms with E-state index in [1.54, 1.807) is 6.07 Å². The van der Waals surface area contributed by atoms with Gasteiger partial charge in [-0.25, -0.2) is 4.39 Å². The minimum atomic E-state index is -0.639. The molecule has 3 aromatic heterocycles. The smallest absolute Gasteiger partial charge is 0.417 e.